The van der Waals surface area contributed by atoms with Gasteiger partial charge in [-0.2, -0.15) is 0 Å². The van der Waals surface area contributed by atoms with Crippen LogP contribution in [0.25, 0.3) is 0 Å². The molecule has 0 heterocycles. The molecule has 23 heavy (non-hydrogen) atoms. The number of hydrogen-bond donors (Lipinski definition) is 2. The van der Waals surface area contributed by atoms with Crippen LogP contribution in [0.2, 0.25) is 0 Å². The summed E-state index contributed by atoms with van der Waals surface area (Å²) in [5.41, 5.74) is 1.23. The topological polar surface area (TPSA) is 50.4 Å². The van der Waals surface area contributed by atoms with Crippen LogP contribution in [-0.2, 0) is 0 Å². The zero-order chi connectivity index (χ0) is 16.8. The lowest BCUT2D eigenvalue weighted by Crippen LogP contribution is -2.34. The Morgan fingerprint density at radius 1 is 1.17 bits per heavy atom. The minimum atomic E-state index is -0.311. The van der Waals surface area contributed by atoms with Crippen molar-refractivity contribution in [1.82, 2.24) is 5.32 Å². The molecule has 0 unspecified atom stereocenters. The summed E-state index contributed by atoms with van der Waals surface area (Å²) in [6.07, 6.45) is -0.0179. The van der Waals surface area contributed by atoms with Gasteiger partial charge in [0.05, 0.1) is 11.7 Å². The van der Waals surface area contributed by atoms with Gasteiger partial charge in [0, 0.05) is 10.2 Å². The Kier molecular flexibility index (Phi) is 6.12. The van der Waals surface area contributed by atoms with Gasteiger partial charge < -0.3 is 10.1 Å². The van der Waals surface area contributed by atoms with Crippen LogP contribution in [0.3, 0.4) is 0 Å². The third-order valence-electron chi connectivity index (χ3n) is 2.80. The van der Waals surface area contributed by atoms with Crippen molar-refractivity contribution in [1.29, 1.82) is 0 Å². The monoisotopic (exact) mass is 392 g/mol. The Hall–Kier alpha value is -1.92. The highest BCUT2D eigenvalue weighted by atomic mass is 79.9. The van der Waals surface area contributed by atoms with Crippen molar-refractivity contribution in [2.45, 2.75) is 20.0 Å². The number of nitrogens with one attached hydrogen (secondary N) is 2. The SMILES string of the molecule is CC(C)Oc1ccccc1C(=O)NC(=S)Nc1cccc(Br)c1. The quantitative estimate of drug-likeness (QED) is 0.758. The largest absolute Gasteiger partial charge is 0.490 e. The lowest BCUT2D eigenvalue weighted by molar-refractivity contribution is 0.0972. The van der Waals surface area contributed by atoms with Crippen molar-refractivity contribution in [3.63, 3.8) is 0 Å². The number of thiocarbonyl (C=S) groups is 1. The number of amides is 1. The Bertz CT molecular complexity index is 719. The average Bonchev–Trinajstić information content (AvgIpc) is 2.46. The molecule has 6 heteroatoms. The van der Waals surface area contributed by atoms with Gasteiger partial charge in [-0.25, -0.2) is 0 Å². The fourth-order valence-electron chi connectivity index (χ4n) is 1.91. The summed E-state index contributed by atoms with van der Waals surface area (Å²) in [7, 11) is 0. The zero-order valence-corrected chi connectivity index (χ0v) is 15.2. The minimum absolute atomic E-state index is 0.0179. The first kappa shape index (κ1) is 17.4. The van der Waals surface area contributed by atoms with Gasteiger partial charge in [0.1, 0.15) is 5.75 Å². The van der Waals surface area contributed by atoms with E-state index < -0.39 is 0 Å². The van der Waals surface area contributed by atoms with Crippen LogP contribution in [0.1, 0.15) is 24.2 Å². The molecule has 4 nitrogen and oxygen atoms in total. The minimum Gasteiger partial charge on any atom is -0.490 e. The van der Waals surface area contributed by atoms with Gasteiger partial charge in [-0.3, -0.25) is 10.1 Å². The number of carbonyl (C=O) groups excluding carboxylic acids is 1. The second-order valence-electron chi connectivity index (χ2n) is 5.08. The van der Waals surface area contributed by atoms with E-state index >= 15 is 0 Å². The van der Waals surface area contributed by atoms with E-state index in [-0.39, 0.29) is 17.1 Å². The predicted octanol–water partition coefficient (Wildman–Crippen LogP) is 4.36. The summed E-state index contributed by atoms with van der Waals surface area (Å²) < 4.78 is 6.57. The van der Waals surface area contributed by atoms with Crippen LogP contribution < -0.4 is 15.4 Å². The molecule has 0 aliphatic carbocycles. The molecule has 2 aromatic rings. The van der Waals surface area contributed by atoms with E-state index in [0.29, 0.717) is 11.3 Å². The lowest BCUT2D eigenvalue weighted by Gasteiger charge is -2.14. The van der Waals surface area contributed by atoms with E-state index in [1.807, 2.05) is 44.2 Å². The van der Waals surface area contributed by atoms with Gasteiger partial charge in [0.15, 0.2) is 5.11 Å². The fourth-order valence-corrected chi connectivity index (χ4v) is 2.52. The van der Waals surface area contributed by atoms with Gasteiger partial charge >= 0.3 is 0 Å². The maximum absolute atomic E-state index is 12.4. The average molecular weight is 393 g/mol. The lowest BCUT2D eigenvalue weighted by atomic mass is 10.2. The molecule has 0 atom stereocenters. The van der Waals surface area contributed by atoms with Gasteiger partial charge in [-0.1, -0.05) is 34.1 Å². The van der Waals surface area contributed by atoms with Crippen molar-refractivity contribution < 1.29 is 9.53 Å². The first-order valence-electron chi connectivity index (χ1n) is 7.09. The molecule has 2 aromatic carbocycles. The van der Waals surface area contributed by atoms with Crippen LogP contribution in [0.4, 0.5) is 5.69 Å². The van der Waals surface area contributed by atoms with Crippen LogP contribution in [0, 0.1) is 0 Å². The third kappa shape index (κ3) is 5.33. The van der Waals surface area contributed by atoms with Crippen molar-refractivity contribution in [3.05, 3.63) is 58.6 Å². The van der Waals surface area contributed by atoms with E-state index in [1.54, 1.807) is 18.2 Å². The highest BCUT2D eigenvalue weighted by molar-refractivity contribution is 9.10. The Balaban J connectivity index is 2.05. The number of anilines is 1. The zero-order valence-electron chi connectivity index (χ0n) is 12.8. The summed E-state index contributed by atoms with van der Waals surface area (Å²) in [4.78, 5) is 12.4. The van der Waals surface area contributed by atoms with E-state index in [0.717, 1.165) is 10.2 Å². The molecule has 0 aliphatic rings. The molecule has 2 N–H and O–H groups in total. The van der Waals surface area contributed by atoms with Gasteiger partial charge in [-0.15, -0.1) is 0 Å². The Morgan fingerprint density at radius 3 is 2.61 bits per heavy atom. The van der Waals surface area contributed by atoms with Gasteiger partial charge in [0.25, 0.3) is 5.91 Å². The van der Waals surface area contributed by atoms with Gasteiger partial charge in [0.2, 0.25) is 0 Å². The van der Waals surface area contributed by atoms with Crippen molar-refractivity contribution >= 4 is 44.9 Å². The molecule has 0 spiro atoms. The number of ether oxygens (including phenoxy) is 1. The Labute approximate surface area is 149 Å². The molecule has 0 bridgehead atoms. The second kappa shape index (κ2) is 8.08. The van der Waals surface area contributed by atoms with Crippen LogP contribution in [0.15, 0.2) is 53.0 Å². The third-order valence-corrected chi connectivity index (χ3v) is 3.50. The first-order chi connectivity index (χ1) is 11.0. The first-order valence-corrected chi connectivity index (χ1v) is 8.29. The number of para-hydroxylation sites is 1. The van der Waals surface area contributed by atoms with Crippen molar-refractivity contribution in [3.8, 4) is 5.75 Å². The predicted molar refractivity (Wildman–Crippen MR) is 100 cm³/mol. The molecule has 0 fully saturated rings. The molecule has 120 valence electrons. The molecule has 0 aliphatic heterocycles. The molecule has 2 rings (SSSR count). The van der Waals surface area contributed by atoms with Crippen molar-refractivity contribution in [2.75, 3.05) is 5.32 Å². The second-order valence-corrected chi connectivity index (χ2v) is 6.41. The van der Waals surface area contributed by atoms with Crippen LogP contribution in [0.5, 0.6) is 5.75 Å². The highest BCUT2D eigenvalue weighted by Crippen LogP contribution is 2.19. The van der Waals surface area contributed by atoms with E-state index in [9.17, 15) is 4.79 Å². The normalized spacial score (nSPS) is 10.3. The number of benzene rings is 2. The van der Waals surface area contributed by atoms with Crippen LogP contribution >= 0.6 is 28.1 Å². The summed E-state index contributed by atoms with van der Waals surface area (Å²) in [6, 6.07) is 14.6. The molecule has 0 aromatic heterocycles. The Morgan fingerprint density at radius 2 is 1.91 bits per heavy atom. The maximum atomic E-state index is 12.4. The summed E-state index contributed by atoms with van der Waals surface area (Å²) in [5, 5.41) is 5.87. The maximum Gasteiger partial charge on any atom is 0.261 e. The van der Waals surface area contributed by atoms with E-state index in [2.05, 4.69) is 26.6 Å². The molecule has 0 saturated carbocycles. The number of carbonyl (C=O) groups is 1. The standard InChI is InChI=1S/C17H17BrN2O2S/c1-11(2)22-15-9-4-3-8-14(15)16(21)20-17(23)19-13-7-5-6-12(18)10-13/h3-11H,1-2H3,(H2,19,20,21,23). The van der Waals surface area contributed by atoms with E-state index in [4.69, 9.17) is 17.0 Å². The van der Waals surface area contributed by atoms with Gasteiger partial charge in [-0.05, 0) is 56.4 Å². The number of hydrogen-bond acceptors (Lipinski definition) is 3. The van der Waals surface area contributed by atoms with Crippen LogP contribution in [-0.4, -0.2) is 17.1 Å². The number of rotatable bonds is 4. The number of halogens is 1. The molecule has 1 amide bonds. The summed E-state index contributed by atoms with van der Waals surface area (Å²) in [5.74, 6) is 0.221. The summed E-state index contributed by atoms with van der Waals surface area (Å²) in [6.45, 7) is 3.82. The van der Waals surface area contributed by atoms with Crippen molar-refractivity contribution in [2.24, 2.45) is 0 Å². The molecule has 0 saturated heterocycles. The molecule has 0 radical (unpaired) electrons. The smallest absolute Gasteiger partial charge is 0.261 e. The summed E-state index contributed by atoms with van der Waals surface area (Å²) >= 11 is 8.57. The molecular formula is C17H17BrN2O2S. The fraction of sp³-hybridized carbons (Fsp3) is 0.176. The molecular weight excluding hydrogens is 376 g/mol. The highest BCUT2D eigenvalue weighted by Gasteiger charge is 2.14. The van der Waals surface area contributed by atoms with E-state index in [1.165, 1.54) is 0 Å².